The second kappa shape index (κ2) is 7.20. The molecule has 0 aliphatic carbocycles. The van der Waals surface area contributed by atoms with Crippen LogP contribution in [-0.4, -0.2) is 31.2 Å². The van der Waals surface area contributed by atoms with Crippen LogP contribution in [0, 0.1) is 27.7 Å². The summed E-state index contributed by atoms with van der Waals surface area (Å²) >= 11 is 0. The van der Waals surface area contributed by atoms with Crippen molar-refractivity contribution < 1.29 is 13.2 Å². The van der Waals surface area contributed by atoms with E-state index in [1.807, 2.05) is 27.8 Å². The van der Waals surface area contributed by atoms with Crippen LogP contribution >= 0.6 is 0 Å². The number of nitrogens with zero attached hydrogens (tertiary/aromatic N) is 2. The lowest BCUT2D eigenvalue weighted by atomic mass is 10.0. The SMILES string of the molecule is CNS(=O)(=O)c1cc(C(=O)N[C@H](C)c2c(C)nn(C)c2C)cc(C)c1C. The van der Waals surface area contributed by atoms with Crippen molar-refractivity contribution in [2.24, 2.45) is 7.05 Å². The fraction of sp³-hybridized carbons (Fsp3) is 0.444. The summed E-state index contributed by atoms with van der Waals surface area (Å²) in [7, 11) is -0.428. The summed E-state index contributed by atoms with van der Waals surface area (Å²) in [6.07, 6.45) is 0. The molecule has 1 amide bonds. The first-order chi connectivity index (χ1) is 12.0. The molecule has 1 atom stereocenters. The third-order valence-electron chi connectivity index (χ3n) is 4.79. The fourth-order valence-electron chi connectivity index (χ4n) is 3.12. The van der Waals surface area contributed by atoms with Crippen LogP contribution < -0.4 is 10.0 Å². The highest BCUT2D eigenvalue weighted by Crippen LogP contribution is 2.23. The molecule has 0 aliphatic rings. The highest BCUT2D eigenvalue weighted by atomic mass is 32.2. The highest BCUT2D eigenvalue weighted by molar-refractivity contribution is 7.89. The van der Waals surface area contributed by atoms with E-state index in [-0.39, 0.29) is 16.8 Å². The maximum atomic E-state index is 12.7. The minimum atomic E-state index is -3.64. The summed E-state index contributed by atoms with van der Waals surface area (Å²) in [5.74, 6) is -0.323. The second-order valence-electron chi connectivity index (χ2n) is 6.53. The summed E-state index contributed by atoms with van der Waals surface area (Å²) in [6.45, 7) is 9.26. The van der Waals surface area contributed by atoms with E-state index < -0.39 is 10.0 Å². The summed E-state index contributed by atoms with van der Waals surface area (Å²) in [4.78, 5) is 12.9. The standard InChI is InChI=1S/C18H26N4O3S/c1-10-8-15(9-16(11(10)2)26(24,25)19-6)18(23)20-12(3)17-13(4)21-22(7)14(17)5/h8-9,12,19H,1-7H3,(H,20,23)/t12-/m1/s1. The average molecular weight is 378 g/mol. The molecular formula is C18H26N4O3S. The summed E-state index contributed by atoms with van der Waals surface area (Å²) < 4.78 is 28.5. The lowest BCUT2D eigenvalue weighted by Gasteiger charge is -2.17. The number of hydrogen-bond donors (Lipinski definition) is 2. The first-order valence-corrected chi connectivity index (χ1v) is 9.83. The predicted octanol–water partition coefficient (Wildman–Crippen LogP) is 2.05. The van der Waals surface area contributed by atoms with Crippen molar-refractivity contribution >= 4 is 15.9 Å². The van der Waals surface area contributed by atoms with Gasteiger partial charge in [-0.3, -0.25) is 9.48 Å². The van der Waals surface area contributed by atoms with Gasteiger partial charge in [0.2, 0.25) is 10.0 Å². The van der Waals surface area contributed by atoms with E-state index in [2.05, 4.69) is 15.1 Å². The van der Waals surface area contributed by atoms with Crippen molar-refractivity contribution in [2.45, 2.75) is 45.6 Å². The van der Waals surface area contributed by atoms with Gasteiger partial charge >= 0.3 is 0 Å². The van der Waals surface area contributed by atoms with Gasteiger partial charge in [-0.2, -0.15) is 5.10 Å². The Hall–Kier alpha value is -2.19. The number of carbonyl (C=O) groups excluding carboxylic acids is 1. The maximum absolute atomic E-state index is 12.7. The van der Waals surface area contributed by atoms with E-state index in [1.165, 1.54) is 13.1 Å². The maximum Gasteiger partial charge on any atom is 0.251 e. The van der Waals surface area contributed by atoms with Crippen LogP contribution in [0.2, 0.25) is 0 Å². The highest BCUT2D eigenvalue weighted by Gasteiger charge is 2.22. The van der Waals surface area contributed by atoms with Gasteiger partial charge < -0.3 is 5.32 Å². The largest absolute Gasteiger partial charge is 0.345 e. The summed E-state index contributed by atoms with van der Waals surface area (Å²) in [6, 6.07) is 2.87. The zero-order valence-corrected chi connectivity index (χ0v) is 17.1. The Balaban J connectivity index is 2.39. The summed E-state index contributed by atoms with van der Waals surface area (Å²) in [5.41, 5.74) is 4.49. The van der Waals surface area contributed by atoms with E-state index in [1.54, 1.807) is 24.6 Å². The molecule has 8 heteroatoms. The van der Waals surface area contributed by atoms with Crippen molar-refractivity contribution in [3.05, 3.63) is 45.8 Å². The molecule has 1 heterocycles. The lowest BCUT2D eigenvalue weighted by molar-refractivity contribution is 0.0939. The molecule has 0 saturated carbocycles. The third-order valence-corrected chi connectivity index (χ3v) is 6.33. The normalized spacial score (nSPS) is 12.9. The van der Waals surface area contributed by atoms with E-state index in [4.69, 9.17) is 0 Å². The molecule has 0 radical (unpaired) electrons. The Kier molecular flexibility index (Phi) is 5.58. The molecule has 2 rings (SSSR count). The van der Waals surface area contributed by atoms with Crippen molar-refractivity contribution in [3.8, 4) is 0 Å². The monoisotopic (exact) mass is 378 g/mol. The van der Waals surface area contributed by atoms with E-state index >= 15 is 0 Å². The smallest absolute Gasteiger partial charge is 0.251 e. The lowest BCUT2D eigenvalue weighted by Crippen LogP contribution is -2.28. The minimum Gasteiger partial charge on any atom is -0.345 e. The molecule has 7 nitrogen and oxygen atoms in total. The number of nitrogens with one attached hydrogen (secondary N) is 2. The number of aryl methyl sites for hydroxylation is 3. The van der Waals surface area contributed by atoms with Crippen molar-refractivity contribution in [1.82, 2.24) is 19.8 Å². The number of aromatic nitrogens is 2. The number of sulfonamides is 1. The molecule has 0 aliphatic heterocycles. The molecule has 26 heavy (non-hydrogen) atoms. The Labute approximate surface area is 154 Å². The van der Waals surface area contributed by atoms with Gasteiger partial charge in [-0.15, -0.1) is 0 Å². The van der Waals surface area contributed by atoms with Crippen LogP contribution in [0.15, 0.2) is 17.0 Å². The molecule has 2 aromatic rings. The fourth-order valence-corrected chi connectivity index (χ4v) is 4.18. The number of amides is 1. The van der Waals surface area contributed by atoms with Gasteiger partial charge in [0.15, 0.2) is 0 Å². The van der Waals surface area contributed by atoms with Gasteiger partial charge in [-0.05, 0) is 64.9 Å². The van der Waals surface area contributed by atoms with Crippen LogP contribution in [0.3, 0.4) is 0 Å². The van der Waals surface area contributed by atoms with Gasteiger partial charge in [0.25, 0.3) is 5.91 Å². The Bertz CT molecular complexity index is 961. The third kappa shape index (κ3) is 3.66. The van der Waals surface area contributed by atoms with Crippen LogP contribution in [-0.2, 0) is 17.1 Å². The Morgan fingerprint density at radius 2 is 1.81 bits per heavy atom. The van der Waals surface area contributed by atoms with Crippen LogP contribution in [0.1, 0.15) is 51.4 Å². The zero-order chi connectivity index (χ0) is 19.8. The van der Waals surface area contributed by atoms with E-state index in [0.717, 1.165) is 22.5 Å². The number of rotatable bonds is 5. The second-order valence-corrected chi connectivity index (χ2v) is 8.38. The van der Waals surface area contributed by atoms with Gasteiger partial charge in [-0.25, -0.2) is 13.1 Å². The van der Waals surface area contributed by atoms with E-state index in [9.17, 15) is 13.2 Å². The summed E-state index contributed by atoms with van der Waals surface area (Å²) in [5, 5.41) is 7.32. The zero-order valence-electron chi connectivity index (χ0n) is 16.3. The molecule has 1 aromatic heterocycles. The predicted molar refractivity (Wildman–Crippen MR) is 101 cm³/mol. The molecule has 2 N–H and O–H groups in total. The topological polar surface area (TPSA) is 93.1 Å². The number of carbonyl (C=O) groups is 1. The number of benzene rings is 1. The van der Waals surface area contributed by atoms with Gasteiger partial charge in [0.05, 0.1) is 16.6 Å². The molecule has 0 fully saturated rings. The molecule has 0 saturated heterocycles. The first-order valence-electron chi connectivity index (χ1n) is 8.35. The first kappa shape index (κ1) is 20.1. The molecular weight excluding hydrogens is 352 g/mol. The van der Waals surface area contributed by atoms with Gasteiger partial charge in [0, 0.05) is 23.9 Å². The van der Waals surface area contributed by atoms with Crippen LogP contribution in [0.4, 0.5) is 0 Å². The van der Waals surface area contributed by atoms with Crippen LogP contribution in [0.25, 0.3) is 0 Å². The molecule has 0 unspecified atom stereocenters. The van der Waals surface area contributed by atoms with Crippen molar-refractivity contribution in [1.29, 1.82) is 0 Å². The van der Waals surface area contributed by atoms with Gasteiger partial charge in [-0.1, -0.05) is 0 Å². The Morgan fingerprint density at radius 3 is 2.31 bits per heavy atom. The molecule has 142 valence electrons. The number of hydrogen-bond acceptors (Lipinski definition) is 4. The Morgan fingerprint density at radius 1 is 1.19 bits per heavy atom. The minimum absolute atomic E-state index is 0.117. The molecule has 0 bridgehead atoms. The molecule has 1 aromatic carbocycles. The molecule has 0 spiro atoms. The quantitative estimate of drug-likeness (QED) is 0.833. The average Bonchev–Trinajstić information content (AvgIpc) is 2.81. The van der Waals surface area contributed by atoms with E-state index in [0.29, 0.717) is 11.1 Å². The van der Waals surface area contributed by atoms with Crippen molar-refractivity contribution in [3.63, 3.8) is 0 Å². The van der Waals surface area contributed by atoms with Crippen molar-refractivity contribution in [2.75, 3.05) is 7.05 Å². The van der Waals surface area contributed by atoms with Crippen LogP contribution in [0.5, 0.6) is 0 Å². The van der Waals surface area contributed by atoms with Gasteiger partial charge in [0.1, 0.15) is 0 Å².